The number of benzene rings is 2. The van der Waals surface area contributed by atoms with Gasteiger partial charge in [-0.2, -0.15) is 10.5 Å². The highest BCUT2D eigenvalue weighted by molar-refractivity contribution is 5.85. The van der Waals surface area contributed by atoms with Crippen molar-refractivity contribution in [3.05, 3.63) is 53.6 Å². The zero-order valence-electron chi connectivity index (χ0n) is 11.1. The van der Waals surface area contributed by atoms with E-state index in [4.69, 9.17) is 16.3 Å². The monoisotopic (exact) mass is 273 g/mol. The van der Waals surface area contributed by atoms with E-state index in [0.29, 0.717) is 23.4 Å². The number of anilines is 1. The first kappa shape index (κ1) is 12.7. The van der Waals surface area contributed by atoms with Gasteiger partial charge in [-0.15, -0.1) is 0 Å². The van der Waals surface area contributed by atoms with Gasteiger partial charge in [0.05, 0.1) is 23.6 Å². The quantitative estimate of drug-likeness (QED) is 0.776. The average Bonchev–Trinajstić information content (AvgIpc) is 2.84. The van der Waals surface area contributed by atoms with Crippen molar-refractivity contribution < 1.29 is 0 Å². The fraction of sp³-hybridized carbons (Fsp3) is 0.0625. The molecule has 0 saturated carbocycles. The number of hydrogen-bond acceptors (Lipinski definition) is 4. The molecule has 1 heterocycles. The van der Waals surface area contributed by atoms with Crippen molar-refractivity contribution in [2.45, 2.75) is 6.42 Å². The summed E-state index contributed by atoms with van der Waals surface area (Å²) in [4.78, 5) is 4.28. The Labute approximate surface area is 121 Å². The SMILES string of the molecule is N#CCc1ccc(-n2c(N)nc3c(C#N)cccc32)cc1. The molecule has 0 bridgehead atoms. The molecule has 0 fully saturated rings. The van der Waals surface area contributed by atoms with Crippen LogP contribution >= 0.6 is 0 Å². The zero-order chi connectivity index (χ0) is 14.8. The Morgan fingerprint density at radius 1 is 1.10 bits per heavy atom. The van der Waals surface area contributed by atoms with Gasteiger partial charge < -0.3 is 5.73 Å². The van der Waals surface area contributed by atoms with Crippen molar-refractivity contribution in [2.75, 3.05) is 5.73 Å². The summed E-state index contributed by atoms with van der Waals surface area (Å²) < 4.78 is 1.80. The summed E-state index contributed by atoms with van der Waals surface area (Å²) in [6.07, 6.45) is 0.374. The Hall–Kier alpha value is -3.31. The Balaban J connectivity index is 2.19. The summed E-state index contributed by atoms with van der Waals surface area (Å²) >= 11 is 0. The molecule has 1 aromatic heterocycles. The Morgan fingerprint density at radius 2 is 1.86 bits per heavy atom. The molecule has 5 heteroatoms. The van der Waals surface area contributed by atoms with Gasteiger partial charge in [0, 0.05) is 5.69 Å². The fourth-order valence-corrected chi connectivity index (χ4v) is 2.33. The highest BCUT2D eigenvalue weighted by Crippen LogP contribution is 2.25. The normalized spacial score (nSPS) is 10.2. The molecule has 0 aliphatic carbocycles. The van der Waals surface area contributed by atoms with E-state index in [9.17, 15) is 0 Å². The topological polar surface area (TPSA) is 91.4 Å². The summed E-state index contributed by atoms with van der Waals surface area (Å²) in [6.45, 7) is 0. The van der Waals surface area contributed by atoms with Crippen LogP contribution in [0.15, 0.2) is 42.5 Å². The van der Waals surface area contributed by atoms with Crippen LogP contribution in [0.5, 0.6) is 0 Å². The molecule has 0 radical (unpaired) electrons. The number of rotatable bonds is 2. The molecule has 5 nitrogen and oxygen atoms in total. The number of nitrogens with zero attached hydrogens (tertiary/aromatic N) is 4. The van der Waals surface area contributed by atoms with Crippen LogP contribution in [0.25, 0.3) is 16.7 Å². The summed E-state index contributed by atoms with van der Waals surface area (Å²) in [5, 5.41) is 17.8. The maximum absolute atomic E-state index is 9.13. The lowest BCUT2D eigenvalue weighted by molar-refractivity contribution is 1.10. The second kappa shape index (κ2) is 4.99. The van der Waals surface area contributed by atoms with Gasteiger partial charge in [0.2, 0.25) is 5.95 Å². The lowest BCUT2D eigenvalue weighted by Crippen LogP contribution is -2.00. The highest BCUT2D eigenvalue weighted by Gasteiger charge is 2.12. The number of fused-ring (bicyclic) bond motifs is 1. The van der Waals surface area contributed by atoms with Crippen LogP contribution in [0.4, 0.5) is 5.95 Å². The Kier molecular flexibility index (Phi) is 3.02. The number of nitriles is 2. The molecule has 0 aliphatic heterocycles. The summed E-state index contributed by atoms with van der Waals surface area (Å²) in [6, 6.07) is 17.2. The minimum Gasteiger partial charge on any atom is -0.369 e. The predicted octanol–water partition coefficient (Wildman–Crippen LogP) is 2.55. The van der Waals surface area contributed by atoms with Gasteiger partial charge in [-0.25, -0.2) is 4.98 Å². The molecule has 0 amide bonds. The van der Waals surface area contributed by atoms with Gasteiger partial charge in [0.1, 0.15) is 11.6 Å². The maximum atomic E-state index is 9.13. The second-order valence-electron chi connectivity index (χ2n) is 4.59. The molecule has 0 unspecified atom stereocenters. The molecule has 0 atom stereocenters. The van der Waals surface area contributed by atoms with Crippen molar-refractivity contribution in [1.82, 2.24) is 9.55 Å². The fourth-order valence-electron chi connectivity index (χ4n) is 2.33. The average molecular weight is 273 g/mol. The van der Waals surface area contributed by atoms with E-state index in [2.05, 4.69) is 17.1 Å². The molecule has 0 spiro atoms. The predicted molar refractivity (Wildman–Crippen MR) is 79.5 cm³/mol. The summed E-state index contributed by atoms with van der Waals surface area (Å²) in [7, 11) is 0. The van der Waals surface area contributed by atoms with E-state index in [0.717, 1.165) is 16.8 Å². The first-order valence-electron chi connectivity index (χ1n) is 6.38. The molecule has 2 N–H and O–H groups in total. The standard InChI is InChI=1S/C16H11N5/c17-9-8-11-4-6-13(7-5-11)21-14-3-1-2-12(10-18)15(14)20-16(21)19/h1-7H,8H2,(H2,19,20). The minimum atomic E-state index is 0.334. The van der Waals surface area contributed by atoms with Gasteiger partial charge in [-0.05, 0) is 29.8 Å². The van der Waals surface area contributed by atoms with Crippen molar-refractivity contribution >= 4 is 17.0 Å². The van der Waals surface area contributed by atoms with Crippen LogP contribution in [0, 0.1) is 22.7 Å². The van der Waals surface area contributed by atoms with Gasteiger partial charge in [0.15, 0.2) is 0 Å². The zero-order valence-corrected chi connectivity index (χ0v) is 11.1. The largest absolute Gasteiger partial charge is 0.369 e. The van der Waals surface area contributed by atoms with Crippen molar-refractivity contribution in [3.63, 3.8) is 0 Å². The molecule has 3 aromatic rings. The molecule has 0 saturated heterocycles. The lowest BCUT2D eigenvalue weighted by atomic mass is 10.1. The van der Waals surface area contributed by atoms with Gasteiger partial charge in [-0.1, -0.05) is 18.2 Å². The van der Waals surface area contributed by atoms with Crippen LogP contribution in [-0.4, -0.2) is 9.55 Å². The number of para-hydroxylation sites is 1. The second-order valence-corrected chi connectivity index (χ2v) is 4.59. The van der Waals surface area contributed by atoms with E-state index < -0.39 is 0 Å². The molecule has 3 rings (SSSR count). The number of hydrogen-bond donors (Lipinski definition) is 1. The van der Waals surface area contributed by atoms with Crippen LogP contribution in [-0.2, 0) is 6.42 Å². The first-order chi connectivity index (χ1) is 10.2. The number of nitrogen functional groups attached to an aromatic ring is 1. The third kappa shape index (κ3) is 2.07. The first-order valence-corrected chi connectivity index (χ1v) is 6.38. The number of imidazole rings is 1. The van der Waals surface area contributed by atoms with Crippen LogP contribution in [0.2, 0.25) is 0 Å². The van der Waals surface area contributed by atoms with E-state index in [1.165, 1.54) is 0 Å². The van der Waals surface area contributed by atoms with E-state index >= 15 is 0 Å². The van der Waals surface area contributed by atoms with Crippen LogP contribution in [0.1, 0.15) is 11.1 Å². The third-order valence-corrected chi connectivity index (χ3v) is 3.31. The Morgan fingerprint density at radius 3 is 2.52 bits per heavy atom. The lowest BCUT2D eigenvalue weighted by Gasteiger charge is -2.07. The van der Waals surface area contributed by atoms with Crippen molar-refractivity contribution in [2.24, 2.45) is 0 Å². The van der Waals surface area contributed by atoms with Gasteiger partial charge >= 0.3 is 0 Å². The van der Waals surface area contributed by atoms with Gasteiger partial charge in [-0.3, -0.25) is 4.57 Å². The summed E-state index contributed by atoms with van der Waals surface area (Å²) in [5.41, 5.74) is 9.68. The summed E-state index contributed by atoms with van der Waals surface area (Å²) in [5.74, 6) is 0.334. The third-order valence-electron chi connectivity index (χ3n) is 3.31. The van der Waals surface area contributed by atoms with Crippen molar-refractivity contribution in [3.8, 4) is 17.8 Å². The number of nitrogens with two attached hydrogens (primary N) is 1. The molecular weight excluding hydrogens is 262 g/mol. The Bertz CT molecular complexity index is 891. The van der Waals surface area contributed by atoms with E-state index in [1.807, 2.05) is 36.4 Å². The van der Waals surface area contributed by atoms with Crippen molar-refractivity contribution in [1.29, 1.82) is 10.5 Å². The highest BCUT2D eigenvalue weighted by atomic mass is 15.2. The van der Waals surface area contributed by atoms with Crippen LogP contribution < -0.4 is 5.73 Å². The molecular formula is C16H11N5. The smallest absolute Gasteiger partial charge is 0.205 e. The number of aromatic nitrogens is 2. The molecule has 100 valence electrons. The molecule has 2 aromatic carbocycles. The molecule has 21 heavy (non-hydrogen) atoms. The molecule has 0 aliphatic rings. The van der Waals surface area contributed by atoms with Gasteiger partial charge in [0.25, 0.3) is 0 Å². The maximum Gasteiger partial charge on any atom is 0.205 e. The van der Waals surface area contributed by atoms with E-state index in [-0.39, 0.29) is 0 Å². The van der Waals surface area contributed by atoms with E-state index in [1.54, 1.807) is 10.6 Å². The van der Waals surface area contributed by atoms with Crippen LogP contribution in [0.3, 0.4) is 0 Å². The minimum absolute atomic E-state index is 0.334.